The van der Waals surface area contributed by atoms with Crippen LogP contribution in [0.2, 0.25) is 0 Å². The maximum absolute atomic E-state index is 13.7. The topological polar surface area (TPSA) is 52.1 Å². The molecular weight excluding hydrogens is 448 g/mol. The van der Waals surface area contributed by atoms with Gasteiger partial charge in [0.15, 0.2) is 5.78 Å². The van der Waals surface area contributed by atoms with Crippen LogP contribution in [0.4, 0.5) is 17.6 Å². The summed E-state index contributed by atoms with van der Waals surface area (Å²) >= 11 is 0. The molecule has 0 bridgehead atoms. The van der Waals surface area contributed by atoms with E-state index in [-0.39, 0.29) is 40.2 Å². The standard InChI is InChI=1S/C26H18F4N2O2/c1-16-21(5-2-6-24(16)27)25(33)12-18-8-7-17(14-32-18)22-13-19(9-10-23(22)26(28,29)30)34-20-4-3-11-31-15-20/h2-11,13-15H,12H2,1H3. The van der Waals surface area contributed by atoms with E-state index in [1.807, 2.05) is 0 Å². The summed E-state index contributed by atoms with van der Waals surface area (Å²) in [5.74, 6) is -0.230. The molecule has 0 spiro atoms. The molecule has 0 aliphatic rings. The number of nitrogens with zero attached hydrogens (tertiary/aromatic N) is 2. The lowest BCUT2D eigenvalue weighted by atomic mass is 9.98. The van der Waals surface area contributed by atoms with Gasteiger partial charge in [-0.15, -0.1) is 0 Å². The summed E-state index contributed by atoms with van der Waals surface area (Å²) in [6.45, 7) is 1.51. The Morgan fingerprint density at radius 3 is 2.47 bits per heavy atom. The lowest BCUT2D eigenvalue weighted by Crippen LogP contribution is -2.09. The zero-order valence-corrected chi connectivity index (χ0v) is 17.9. The molecule has 0 N–H and O–H groups in total. The van der Waals surface area contributed by atoms with Gasteiger partial charge >= 0.3 is 6.18 Å². The second-order valence-corrected chi connectivity index (χ2v) is 7.55. The van der Waals surface area contributed by atoms with Crippen molar-refractivity contribution in [2.75, 3.05) is 0 Å². The first-order chi connectivity index (χ1) is 16.2. The van der Waals surface area contributed by atoms with Gasteiger partial charge in [-0.05, 0) is 60.5 Å². The Morgan fingerprint density at radius 2 is 1.79 bits per heavy atom. The van der Waals surface area contributed by atoms with Crippen LogP contribution >= 0.6 is 0 Å². The van der Waals surface area contributed by atoms with Gasteiger partial charge in [-0.1, -0.05) is 18.2 Å². The highest BCUT2D eigenvalue weighted by Gasteiger charge is 2.34. The Hall–Kier alpha value is -4.07. The monoisotopic (exact) mass is 466 g/mol. The zero-order valence-electron chi connectivity index (χ0n) is 17.9. The molecule has 4 aromatic rings. The van der Waals surface area contributed by atoms with Crippen LogP contribution in [0.3, 0.4) is 0 Å². The fourth-order valence-electron chi connectivity index (χ4n) is 3.47. The summed E-state index contributed by atoms with van der Waals surface area (Å²) in [5, 5.41) is 0. The lowest BCUT2D eigenvalue weighted by molar-refractivity contribution is -0.137. The summed E-state index contributed by atoms with van der Waals surface area (Å²) in [4.78, 5) is 20.7. The van der Waals surface area contributed by atoms with Crippen molar-refractivity contribution in [2.45, 2.75) is 19.5 Å². The van der Waals surface area contributed by atoms with Crippen LogP contribution in [0, 0.1) is 12.7 Å². The third-order valence-electron chi connectivity index (χ3n) is 5.21. The molecule has 2 aromatic heterocycles. The fraction of sp³-hybridized carbons (Fsp3) is 0.115. The quantitative estimate of drug-likeness (QED) is 0.231. The molecule has 0 atom stereocenters. The smallest absolute Gasteiger partial charge is 0.417 e. The Morgan fingerprint density at radius 1 is 0.971 bits per heavy atom. The maximum atomic E-state index is 13.7. The van der Waals surface area contributed by atoms with Gasteiger partial charge in [0.1, 0.15) is 17.3 Å². The average Bonchev–Trinajstić information content (AvgIpc) is 2.81. The molecular formula is C26H18F4N2O2. The van der Waals surface area contributed by atoms with Crippen molar-refractivity contribution in [3.05, 3.63) is 107 Å². The van der Waals surface area contributed by atoms with Crippen LogP contribution in [0.5, 0.6) is 11.5 Å². The molecule has 172 valence electrons. The Balaban J connectivity index is 1.62. The highest BCUT2D eigenvalue weighted by molar-refractivity contribution is 5.98. The number of hydrogen-bond acceptors (Lipinski definition) is 4. The highest BCUT2D eigenvalue weighted by atomic mass is 19.4. The maximum Gasteiger partial charge on any atom is 0.417 e. The zero-order chi connectivity index (χ0) is 24.3. The number of ketones is 1. The summed E-state index contributed by atoms with van der Waals surface area (Å²) in [7, 11) is 0. The molecule has 0 amide bonds. The van der Waals surface area contributed by atoms with Gasteiger partial charge in [-0.2, -0.15) is 13.2 Å². The normalized spacial score (nSPS) is 11.3. The van der Waals surface area contributed by atoms with Crippen LogP contribution in [0.25, 0.3) is 11.1 Å². The first-order valence-corrected chi connectivity index (χ1v) is 10.2. The van der Waals surface area contributed by atoms with E-state index in [4.69, 9.17) is 4.74 Å². The molecule has 8 heteroatoms. The van der Waals surface area contributed by atoms with Crippen molar-refractivity contribution < 1.29 is 27.1 Å². The second-order valence-electron chi connectivity index (χ2n) is 7.55. The summed E-state index contributed by atoms with van der Waals surface area (Å²) in [6.07, 6.45) is -0.421. The van der Waals surface area contributed by atoms with E-state index in [1.165, 1.54) is 61.8 Å². The SMILES string of the molecule is Cc1c(F)cccc1C(=O)Cc1ccc(-c2cc(Oc3cccnc3)ccc2C(F)(F)F)cn1. The number of halogens is 4. The molecule has 0 fully saturated rings. The molecule has 4 nitrogen and oxygen atoms in total. The molecule has 0 unspecified atom stereocenters. The van der Waals surface area contributed by atoms with E-state index < -0.39 is 17.6 Å². The Labute approximate surface area is 192 Å². The Kier molecular flexibility index (Phi) is 6.40. The Bertz CT molecular complexity index is 1320. The number of rotatable bonds is 6. The van der Waals surface area contributed by atoms with Crippen molar-refractivity contribution in [2.24, 2.45) is 0 Å². The van der Waals surface area contributed by atoms with Crippen molar-refractivity contribution in [1.29, 1.82) is 0 Å². The number of aromatic nitrogens is 2. The number of hydrogen-bond donors (Lipinski definition) is 0. The molecule has 0 aliphatic carbocycles. The molecule has 34 heavy (non-hydrogen) atoms. The van der Waals surface area contributed by atoms with Gasteiger partial charge in [0.05, 0.1) is 18.2 Å². The van der Waals surface area contributed by atoms with Crippen LogP contribution < -0.4 is 4.74 Å². The van der Waals surface area contributed by atoms with Crippen molar-refractivity contribution >= 4 is 5.78 Å². The molecule has 2 heterocycles. The van der Waals surface area contributed by atoms with Crippen LogP contribution in [-0.4, -0.2) is 15.8 Å². The van der Waals surface area contributed by atoms with Crippen molar-refractivity contribution in [3.63, 3.8) is 0 Å². The number of benzene rings is 2. The minimum atomic E-state index is -4.59. The number of carbonyl (C=O) groups is 1. The minimum Gasteiger partial charge on any atom is -0.456 e. The van der Waals surface area contributed by atoms with Crippen LogP contribution in [0.15, 0.2) is 79.3 Å². The molecule has 0 radical (unpaired) electrons. The molecule has 0 saturated carbocycles. The van der Waals surface area contributed by atoms with Crippen LogP contribution in [-0.2, 0) is 12.6 Å². The third-order valence-corrected chi connectivity index (χ3v) is 5.21. The van der Waals surface area contributed by atoms with Gasteiger partial charge in [0.25, 0.3) is 0 Å². The van der Waals surface area contributed by atoms with E-state index in [0.29, 0.717) is 11.4 Å². The average molecular weight is 466 g/mol. The van der Waals surface area contributed by atoms with E-state index in [9.17, 15) is 22.4 Å². The van der Waals surface area contributed by atoms with Crippen LogP contribution in [0.1, 0.15) is 27.2 Å². The lowest BCUT2D eigenvalue weighted by Gasteiger charge is -2.15. The van der Waals surface area contributed by atoms with E-state index in [0.717, 1.165) is 6.07 Å². The largest absolute Gasteiger partial charge is 0.456 e. The predicted molar refractivity (Wildman–Crippen MR) is 118 cm³/mol. The van der Waals surface area contributed by atoms with Crippen molar-refractivity contribution in [3.8, 4) is 22.6 Å². The van der Waals surface area contributed by atoms with E-state index in [2.05, 4.69) is 9.97 Å². The second kappa shape index (κ2) is 9.43. The van der Waals surface area contributed by atoms with Gasteiger partial charge in [-0.25, -0.2) is 4.39 Å². The van der Waals surface area contributed by atoms with Gasteiger partial charge in [-0.3, -0.25) is 14.8 Å². The van der Waals surface area contributed by atoms with Gasteiger partial charge < -0.3 is 4.74 Å². The first kappa shape index (κ1) is 23.1. The number of Topliss-reactive ketones (excluding diaryl/α,β-unsaturated/α-hetero) is 1. The summed E-state index contributed by atoms with van der Waals surface area (Å²) in [6, 6.07) is 13.9. The minimum absolute atomic E-state index is 0.110. The summed E-state index contributed by atoms with van der Waals surface area (Å²) < 4.78 is 60.3. The molecule has 2 aromatic carbocycles. The number of alkyl halides is 3. The summed E-state index contributed by atoms with van der Waals surface area (Å²) in [5.41, 5.74) is 0.0953. The highest BCUT2D eigenvalue weighted by Crippen LogP contribution is 2.39. The third kappa shape index (κ3) is 5.11. The van der Waals surface area contributed by atoms with Gasteiger partial charge in [0, 0.05) is 29.2 Å². The van der Waals surface area contributed by atoms with Gasteiger partial charge in [0.2, 0.25) is 0 Å². The number of ether oxygens (including phenoxy) is 1. The van der Waals surface area contributed by atoms with E-state index >= 15 is 0 Å². The van der Waals surface area contributed by atoms with Crippen molar-refractivity contribution in [1.82, 2.24) is 9.97 Å². The first-order valence-electron chi connectivity index (χ1n) is 10.2. The van der Waals surface area contributed by atoms with E-state index in [1.54, 1.807) is 18.3 Å². The fourth-order valence-corrected chi connectivity index (χ4v) is 3.47. The number of carbonyl (C=O) groups excluding carboxylic acids is 1. The molecule has 0 aliphatic heterocycles. The number of pyridine rings is 2. The predicted octanol–water partition coefficient (Wildman–Crippen LogP) is 6.83. The molecule has 4 rings (SSSR count). The molecule has 0 saturated heterocycles.